The Morgan fingerprint density at radius 2 is 1.85 bits per heavy atom. The fraction of sp³-hybridized carbons (Fsp3) is 0.250. The number of fused-ring (bicyclic) bond motifs is 2. The third-order valence-electron chi connectivity index (χ3n) is 4.57. The molecule has 0 unspecified atom stereocenters. The van der Waals surface area contributed by atoms with Crippen LogP contribution in [0.5, 0.6) is 5.75 Å². The second-order valence-electron chi connectivity index (χ2n) is 6.97. The molecule has 2 heterocycles. The molecule has 0 saturated carbocycles. The summed E-state index contributed by atoms with van der Waals surface area (Å²) in [6.45, 7) is 4.32. The zero-order valence-corrected chi connectivity index (χ0v) is 15.1. The van der Waals surface area contributed by atoms with Crippen molar-refractivity contribution in [3.05, 3.63) is 71.8 Å². The molecule has 1 aromatic heterocycles. The highest BCUT2D eigenvalue weighted by molar-refractivity contribution is 5.99. The molecule has 0 N–H and O–H groups in total. The number of hydrogen-bond acceptors (Lipinski definition) is 4. The number of carbonyl (C=O) groups excluding carboxylic acids is 1. The number of aromatic nitrogens is 3. The van der Waals surface area contributed by atoms with Gasteiger partial charge in [-0.3, -0.25) is 4.79 Å². The lowest BCUT2D eigenvalue weighted by molar-refractivity contribution is -0.131. The SMILES string of the molecule is CC(C)(Oc1ccc(F)cc1)C(=O)N1Cc2cnnn2Cc2ccccc21. The highest BCUT2D eigenvalue weighted by Crippen LogP contribution is 2.30. The van der Waals surface area contributed by atoms with Crippen LogP contribution in [-0.4, -0.2) is 26.5 Å². The molecule has 0 saturated heterocycles. The molecule has 3 aromatic rings. The minimum atomic E-state index is -1.15. The number of benzene rings is 2. The molecular weight excluding hydrogens is 347 g/mol. The lowest BCUT2D eigenvalue weighted by Crippen LogP contribution is -2.49. The largest absolute Gasteiger partial charge is 0.478 e. The van der Waals surface area contributed by atoms with Gasteiger partial charge in [-0.2, -0.15) is 0 Å². The van der Waals surface area contributed by atoms with Gasteiger partial charge in [-0.1, -0.05) is 23.4 Å². The van der Waals surface area contributed by atoms with Crippen LogP contribution >= 0.6 is 0 Å². The summed E-state index contributed by atoms with van der Waals surface area (Å²) in [6, 6.07) is 13.4. The Balaban J connectivity index is 1.68. The molecule has 0 spiro atoms. The number of ether oxygens (including phenoxy) is 1. The van der Waals surface area contributed by atoms with E-state index in [0.29, 0.717) is 18.8 Å². The first-order valence-corrected chi connectivity index (χ1v) is 8.66. The van der Waals surface area contributed by atoms with E-state index in [2.05, 4.69) is 10.3 Å². The maximum absolute atomic E-state index is 13.4. The first kappa shape index (κ1) is 17.2. The summed E-state index contributed by atoms with van der Waals surface area (Å²) in [5.41, 5.74) is 1.50. The molecule has 138 valence electrons. The van der Waals surface area contributed by atoms with E-state index in [4.69, 9.17) is 4.74 Å². The van der Waals surface area contributed by atoms with Gasteiger partial charge < -0.3 is 9.64 Å². The van der Waals surface area contributed by atoms with Crippen molar-refractivity contribution in [2.24, 2.45) is 0 Å². The summed E-state index contributed by atoms with van der Waals surface area (Å²) < 4.78 is 20.8. The highest BCUT2D eigenvalue weighted by atomic mass is 19.1. The molecule has 27 heavy (non-hydrogen) atoms. The zero-order valence-electron chi connectivity index (χ0n) is 15.1. The Labute approximate surface area is 156 Å². The standard InChI is InChI=1S/C20H19FN4O2/c1-20(2,27-17-9-7-15(21)8-10-17)19(26)24-13-16-11-22-23-25(16)12-14-5-3-4-6-18(14)24/h3-11H,12-13H2,1-2H3. The van der Waals surface area contributed by atoms with Gasteiger partial charge in [0, 0.05) is 5.69 Å². The average molecular weight is 366 g/mol. The Morgan fingerprint density at radius 3 is 2.63 bits per heavy atom. The van der Waals surface area contributed by atoms with Gasteiger partial charge in [-0.05, 0) is 49.7 Å². The maximum Gasteiger partial charge on any atom is 0.270 e. The Morgan fingerprint density at radius 1 is 1.11 bits per heavy atom. The summed E-state index contributed by atoms with van der Waals surface area (Å²) in [5.74, 6) is -0.118. The van der Waals surface area contributed by atoms with E-state index in [9.17, 15) is 9.18 Å². The predicted molar refractivity (Wildman–Crippen MR) is 97.9 cm³/mol. The van der Waals surface area contributed by atoms with Crippen LogP contribution in [0.3, 0.4) is 0 Å². The number of carbonyl (C=O) groups is 1. The molecule has 0 bridgehead atoms. The molecule has 0 radical (unpaired) electrons. The second kappa shape index (κ2) is 6.50. The van der Waals surface area contributed by atoms with Crippen molar-refractivity contribution < 1.29 is 13.9 Å². The van der Waals surface area contributed by atoms with Crippen LogP contribution in [0.1, 0.15) is 25.1 Å². The minimum Gasteiger partial charge on any atom is -0.478 e. The Kier molecular flexibility index (Phi) is 4.14. The van der Waals surface area contributed by atoms with Crippen LogP contribution in [0, 0.1) is 5.82 Å². The molecule has 1 amide bonds. The topological polar surface area (TPSA) is 60.2 Å². The van der Waals surface area contributed by atoms with Crippen LogP contribution in [0.4, 0.5) is 10.1 Å². The summed E-state index contributed by atoms with van der Waals surface area (Å²) >= 11 is 0. The Hall–Kier alpha value is -3.22. The van der Waals surface area contributed by atoms with Gasteiger partial charge in [0.15, 0.2) is 5.60 Å². The van der Waals surface area contributed by atoms with Crippen LogP contribution in [-0.2, 0) is 17.9 Å². The van der Waals surface area contributed by atoms with E-state index in [1.807, 2.05) is 24.3 Å². The van der Waals surface area contributed by atoms with Crippen molar-refractivity contribution >= 4 is 11.6 Å². The maximum atomic E-state index is 13.4. The summed E-state index contributed by atoms with van der Waals surface area (Å²) in [5, 5.41) is 8.07. The van der Waals surface area contributed by atoms with Gasteiger partial charge in [-0.25, -0.2) is 9.07 Å². The molecule has 4 rings (SSSR count). The van der Waals surface area contributed by atoms with Gasteiger partial charge in [0.2, 0.25) is 0 Å². The number of hydrogen-bond donors (Lipinski definition) is 0. The molecule has 1 aliphatic rings. The van der Waals surface area contributed by atoms with Crippen molar-refractivity contribution in [1.82, 2.24) is 15.0 Å². The number of amides is 1. The fourth-order valence-corrected chi connectivity index (χ4v) is 3.20. The zero-order chi connectivity index (χ0) is 19.0. The van der Waals surface area contributed by atoms with Crippen molar-refractivity contribution in [1.29, 1.82) is 0 Å². The molecule has 1 aliphatic heterocycles. The van der Waals surface area contributed by atoms with Crippen LogP contribution in [0.2, 0.25) is 0 Å². The van der Waals surface area contributed by atoms with Crippen LogP contribution < -0.4 is 9.64 Å². The van der Waals surface area contributed by atoms with E-state index in [1.54, 1.807) is 29.6 Å². The lowest BCUT2D eigenvalue weighted by atomic mass is 10.1. The van der Waals surface area contributed by atoms with Crippen molar-refractivity contribution in [2.75, 3.05) is 4.90 Å². The normalized spacial score (nSPS) is 13.5. The third-order valence-corrected chi connectivity index (χ3v) is 4.57. The molecule has 0 fully saturated rings. The third kappa shape index (κ3) is 3.28. The van der Waals surface area contributed by atoms with Crippen LogP contribution in [0.15, 0.2) is 54.7 Å². The van der Waals surface area contributed by atoms with E-state index in [1.165, 1.54) is 24.3 Å². The number of para-hydroxylation sites is 1. The molecule has 2 aromatic carbocycles. The first-order valence-electron chi connectivity index (χ1n) is 8.66. The molecule has 6 nitrogen and oxygen atoms in total. The summed E-state index contributed by atoms with van der Waals surface area (Å²) in [4.78, 5) is 15.1. The smallest absolute Gasteiger partial charge is 0.270 e. The van der Waals surface area contributed by atoms with Crippen molar-refractivity contribution in [3.63, 3.8) is 0 Å². The molecule has 0 aliphatic carbocycles. The number of nitrogens with zero attached hydrogens (tertiary/aromatic N) is 4. The second-order valence-corrected chi connectivity index (χ2v) is 6.97. The summed E-state index contributed by atoms with van der Waals surface area (Å²) in [6.07, 6.45) is 1.67. The summed E-state index contributed by atoms with van der Waals surface area (Å²) in [7, 11) is 0. The van der Waals surface area contributed by atoms with E-state index >= 15 is 0 Å². The predicted octanol–water partition coefficient (Wildman–Crippen LogP) is 3.17. The van der Waals surface area contributed by atoms with Crippen molar-refractivity contribution in [2.45, 2.75) is 32.5 Å². The monoisotopic (exact) mass is 366 g/mol. The van der Waals surface area contributed by atoms with E-state index in [-0.39, 0.29) is 11.7 Å². The minimum absolute atomic E-state index is 0.200. The Bertz CT molecular complexity index is 982. The van der Waals surface area contributed by atoms with E-state index in [0.717, 1.165) is 16.9 Å². The number of anilines is 1. The van der Waals surface area contributed by atoms with Gasteiger partial charge >= 0.3 is 0 Å². The quantitative estimate of drug-likeness (QED) is 0.714. The average Bonchev–Trinajstić information content (AvgIpc) is 3.02. The van der Waals surface area contributed by atoms with E-state index < -0.39 is 5.60 Å². The van der Waals surface area contributed by atoms with Crippen LogP contribution in [0.25, 0.3) is 0 Å². The van der Waals surface area contributed by atoms with Gasteiger partial charge in [0.25, 0.3) is 5.91 Å². The number of rotatable bonds is 3. The highest BCUT2D eigenvalue weighted by Gasteiger charge is 2.37. The van der Waals surface area contributed by atoms with Crippen molar-refractivity contribution in [3.8, 4) is 5.75 Å². The number of halogens is 1. The fourth-order valence-electron chi connectivity index (χ4n) is 3.20. The molecular formula is C20H19FN4O2. The lowest BCUT2D eigenvalue weighted by Gasteiger charge is -2.32. The van der Waals surface area contributed by atoms with Gasteiger partial charge in [-0.15, -0.1) is 5.10 Å². The molecule has 0 atom stereocenters. The first-order chi connectivity index (χ1) is 12.9. The van der Waals surface area contributed by atoms with Gasteiger partial charge in [0.1, 0.15) is 11.6 Å². The van der Waals surface area contributed by atoms with Gasteiger partial charge in [0.05, 0.1) is 25.0 Å². The molecule has 7 heteroatoms.